The molecule has 8 heteroatoms. The van der Waals surface area contributed by atoms with E-state index in [0.717, 1.165) is 16.7 Å². The summed E-state index contributed by atoms with van der Waals surface area (Å²) in [6, 6.07) is 17.4. The molecular formula is C29H31FN2O5. The summed E-state index contributed by atoms with van der Waals surface area (Å²) in [5.41, 5.74) is 3.07. The number of ether oxygens (including phenoxy) is 3. The van der Waals surface area contributed by atoms with Crippen LogP contribution in [0.1, 0.15) is 42.1 Å². The Hall–Kier alpha value is -4.07. The van der Waals surface area contributed by atoms with Crippen molar-refractivity contribution in [2.24, 2.45) is 0 Å². The van der Waals surface area contributed by atoms with Gasteiger partial charge in [-0.05, 0) is 55.2 Å². The summed E-state index contributed by atoms with van der Waals surface area (Å²) < 4.78 is 30.9. The van der Waals surface area contributed by atoms with Crippen LogP contribution in [0.15, 0.2) is 60.7 Å². The molecular weight excluding hydrogens is 475 g/mol. The molecule has 194 valence electrons. The van der Waals surface area contributed by atoms with Crippen molar-refractivity contribution < 1.29 is 28.2 Å². The van der Waals surface area contributed by atoms with Gasteiger partial charge in [-0.3, -0.25) is 9.69 Å². The third kappa shape index (κ3) is 5.38. The fraction of sp³-hybridized carbons (Fsp3) is 0.310. The minimum absolute atomic E-state index is 0.0223. The number of fused-ring (bicyclic) bond motifs is 1. The first-order valence-electron chi connectivity index (χ1n) is 12.2. The molecule has 0 bridgehead atoms. The number of hydrogen-bond donors (Lipinski definition) is 1. The molecule has 1 heterocycles. The van der Waals surface area contributed by atoms with E-state index >= 15 is 0 Å². The van der Waals surface area contributed by atoms with E-state index in [-0.39, 0.29) is 30.7 Å². The van der Waals surface area contributed by atoms with Crippen LogP contribution < -0.4 is 19.7 Å². The zero-order valence-corrected chi connectivity index (χ0v) is 21.4. The number of carbonyl (C=O) groups is 2. The number of methoxy groups -OCH3 is 2. The Bertz CT molecular complexity index is 1280. The molecule has 0 aromatic heterocycles. The predicted octanol–water partition coefficient (Wildman–Crippen LogP) is 5.78. The van der Waals surface area contributed by atoms with Gasteiger partial charge in [0.1, 0.15) is 5.82 Å². The van der Waals surface area contributed by atoms with Crippen LogP contribution in [0.3, 0.4) is 0 Å². The van der Waals surface area contributed by atoms with Gasteiger partial charge in [0.15, 0.2) is 11.5 Å². The second kappa shape index (κ2) is 11.3. The number of hydrogen-bond acceptors (Lipinski definition) is 5. The van der Waals surface area contributed by atoms with E-state index < -0.39 is 17.8 Å². The predicted molar refractivity (Wildman–Crippen MR) is 140 cm³/mol. The fourth-order valence-corrected chi connectivity index (χ4v) is 4.79. The third-order valence-corrected chi connectivity index (χ3v) is 6.59. The largest absolute Gasteiger partial charge is 0.493 e. The molecule has 1 aliphatic heterocycles. The Labute approximate surface area is 216 Å². The molecule has 2 atom stereocenters. The fourth-order valence-electron chi connectivity index (χ4n) is 4.79. The van der Waals surface area contributed by atoms with Crippen molar-refractivity contribution in [1.29, 1.82) is 0 Å². The van der Waals surface area contributed by atoms with Crippen molar-refractivity contribution in [2.45, 2.75) is 32.2 Å². The lowest BCUT2D eigenvalue weighted by Gasteiger charge is -2.39. The maximum Gasteiger partial charge on any atom is 0.414 e. The summed E-state index contributed by atoms with van der Waals surface area (Å²) in [6.45, 7) is 4.18. The normalized spacial score (nSPS) is 16.5. The second-order valence-corrected chi connectivity index (χ2v) is 8.89. The van der Waals surface area contributed by atoms with Crippen molar-refractivity contribution in [3.05, 3.63) is 77.6 Å². The van der Waals surface area contributed by atoms with Crippen LogP contribution in [0.2, 0.25) is 0 Å². The number of nitrogens with one attached hydrogen (secondary N) is 1. The first kappa shape index (κ1) is 26.0. The Balaban J connectivity index is 1.62. The number of carbonyl (C=O) groups excluding carboxylic acids is 2. The zero-order valence-electron chi connectivity index (χ0n) is 21.4. The number of amides is 2. The maximum atomic E-state index is 14.6. The van der Waals surface area contributed by atoms with Gasteiger partial charge < -0.3 is 19.5 Å². The first-order chi connectivity index (χ1) is 17.9. The summed E-state index contributed by atoms with van der Waals surface area (Å²) in [5, 5.41) is 2.90. The van der Waals surface area contributed by atoms with Crippen molar-refractivity contribution in [3.8, 4) is 22.6 Å². The molecule has 37 heavy (non-hydrogen) atoms. The number of halogens is 1. The summed E-state index contributed by atoms with van der Waals surface area (Å²) in [6.07, 6.45) is 0.111. The Kier molecular flexibility index (Phi) is 7.96. The van der Waals surface area contributed by atoms with E-state index in [1.165, 1.54) is 20.3 Å². The standard InChI is InChI=1S/C29H31FN2O5/c1-5-37-29(34)32-18(2)13-21(22-15-26(35-3)27(36-4)16-25(22)32)17-31-28(33)23-14-20(11-12-24(23)30)19-9-7-6-8-10-19/h6-12,14-16,18,21H,5,13,17H2,1-4H3,(H,31,33). The van der Waals surface area contributed by atoms with Crippen LogP contribution in [-0.4, -0.2) is 45.4 Å². The summed E-state index contributed by atoms with van der Waals surface area (Å²) in [7, 11) is 3.07. The number of benzene rings is 3. The molecule has 4 rings (SSSR count). The van der Waals surface area contributed by atoms with Crippen LogP contribution in [0, 0.1) is 5.82 Å². The molecule has 2 unspecified atom stereocenters. The molecule has 0 radical (unpaired) electrons. The summed E-state index contributed by atoms with van der Waals surface area (Å²) in [5.74, 6) is -0.253. The van der Waals surface area contributed by atoms with E-state index in [1.54, 1.807) is 30.0 Å². The van der Waals surface area contributed by atoms with Crippen LogP contribution >= 0.6 is 0 Å². The van der Waals surface area contributed by atoms with Gasteiger partial charge in [0, 0.05) is 24.6 Å². The van der Waals surface area contributed by atoms with Gasteiger partial charge in [0.25, 0.3) is 5.91 Å². The number of anilines is 1. The highest BCUT2D eigenvalue weighted by Crippen LogP contribution is 2.44. The molecule has 0 saturated heterocycles. The van der Waals surface area contributed by atoms with Gasteiger partial charge in [-0.1, -0.05) is 36.4 Å². The highest BCUT2D eigenvalue weighted by atomic mass is 19.1. The number of nitrogens with zero attached hydrogens (tertiary/aromatic N) is 1. The highest BCUT2D eigenvalue weighted by Gasteiger charge is 2.36. The van der Waals surface area contributed by atoms with E-state index in [2.05, 4.69) is 5.32 Å². The monoisotopic (exact) mass is 506 g/mol. The molecule has 3 aromatic carbocycles. The van der Waals surface area contributed by atoms with Crippen molar-refractivity contribution >= 4 is 17.7 Å². The van der Waals surface area contributed by atoms with Crippen molar-refractivity contribution in [1.82, 2.24) is 5.32 Å². The maximum absolute atomic E-state index is 14.6. The SMILES string of the molecule is CCOC(=O)N1c2cc(OC)c(OC)cc2C(CNC(=O)c2cc(-c3ccccc3)ccc2F)CC1C. The quantitative estimate of drug-likeness (QED) is 0.440. The zero-order chi connectivity index (χ0) is 26.5. The van der Waals surface area contributed by atoms with Gasteiger partial charge in [-0.2, -0.15) is 0 Å². The lowest BCUT2D eigenvalue weighted by atomic mass is 9.85. The van der Waals surface area contributed by atoms with E-state index in [9.17, 15) is 14.0 Å². The van der Waals surface area contributed by atoms with Crippen LogP contribution in [0.25, 0.3) is 11.1 Å². The van der Waals surface area contributed by atoms with Crippen LogP contribution in [0.5, 0.6) is 11.5 Å². The minimum Gasteiger partial charge on any atom is -0.493 e. The molecule has 3 aromatic rings. The molecule has 2 amide bonds. The topological polar surface area (TPSA) is 77.1 Å². The molecule has 7 nitrogen and oxygen atoms in total. The Morgan fingerprint density at radius 3 is 2.38 bits per heavy atom. The molecule has 0 saturated carbocycles. The molecule has 0 aliphatic carbocycles. The first-order valence-corrected chi connectivity index (χ1v) is 12.2. The molecule has 0 spiro atoms. The van der Waals surface area contributed by atoms with Crippen LogP contribution in [-0.2, 0) is 4.74 Å². The van der Waals surface area contributed by atoms with Crippen LogP contribution in [0.4, 0.5) is 14.9 Å². The minimum atomic E-state index is -0.588. The van der Waals surface area contributed by atoms with Gasteiger partial charge in [0.2, 0.25) is 0 Å². The molecule has 1 aliphatic rings. The molecule has 1 N–H and O–H groups in total. The third-order valence-electron chi connectivity index (χ3n) is 6.59. The van der Waals surface area contributed by atoms with Gasteiger partial charge in [-0.25, -0.2) is 9.18 Å². The van der Waals surface area contributed by atoms with Gasteiger partial charge >= 0.3 is 6.09 Å². The lowest BCUT2D eigenvalue weighted by Crippen LogP contribution is -2.45. The van der Waals surface area contributed by atoms with E-state index in [4.69, 9.17) is 14.2 Å². The smallest absolute Gasteiger partial charge is 0.414 e. The molecule has 0 fully saturated rings. The Morgan fingerprint density at radius 1 is 1.00 bits per heavy atom. The average molecular weight is 507 g/mol. The highest BCUT2D eigenvalue weighted by molar-refractivity contribution is 5.96. The lowest BCUT2D eigenvalue weighted by molar-refractivity contribution is 0.0945. The summed E-state index contributed by atoms with van der Waals surface area (Å²) >= 11 is 0. The summed E-state index contributed by atoms with van der Waals surface area (Å²) in [4.78, 5) is 27.5. The van der Waals surface area contributed by atoms with Crippen molar-refractivity contribution in [2.75, 3.05) is 32.3 Å². The van der Waals surface area contributed by atoms with E-state index in [1.807, 2.05) is 43.3 Å². The van der Waals surface area contributed by atoms with Gasteiger partial charge in [0.05, 0.1) is 32.1 Å². The second-order valence-electron chi connectivity index (χ2n) is 8.89. The average Bonchev–Trinajstić information content (AvgIpc) is 2.91. The van der Waals surface area contributed by atoms with Crippen molar-refractivity contribution in [3.63, 3.8) is 0 Å². The Morgan fingerprint density at radius 2 is 1.70 bits per heavy atom. The van der Waals surface area contributed by atoms with Gasteiger partial charge in [-0.15, -0.1) is 0 Å². The van der Waals surface area contributed by atoms with E-state index in [0.29, 0.717) is 23.6 Å². The number of rotatable bonds is 7.